The summed E-state index contributed by atoms with van der Waals surface area (Å²) in [6.07, 6.45) is 0.961. The van der Waals surface area contributed by atoms with Crippen molar-refractivity contribution in [3.8, 4) is 5.75 Å². The molecule has 6 nitrogen and oxygen atoms in total. The Kier molecular flexibility index (Phi) is 7.02. The zero-order valence-corrected chi connectivity index (χ0v) is 12.7. The summed E-state index contributed by atoms with van der Waals surface area (Å²) in [4.78, 5) is 22.1. The Bertz CT molecular complexity index is 474. The van der Waals surface area contributed by atoms with Gasteiger partial charge >= 0.3 is 12.1 Å². The fourth-order valence-corrected chi connectivity index (χ4v) is 1.84. The van der Waals surface area contributed by atoms with E-state index >= 15 is 0 Å². The quantitative estimate of drug-likeness (QED) is 0.244. The summed E-state index contributed by atoms with van der Waals surface area (Å²) >= 11 is 1.80. The first-order chi connectivity index (χ1) is 9.56. The predicted molar refractivity (Wildman–Crippen MR) is 80.9 cm³/mol. The lowest BCUT2D eigenvalue weighted by Crippen LogP contribution is -2.32. The number of rotatable bonds is 7. The molecule has 0 radical (unpaired) electrons. The zero-order valence-electron chi connectivity index (χ0n) is 10.5. The summed E-state index contributed by atoms with van der Waals surface area (Å²) < 4.78 is 12.3. The number of carbonyl (C=O) groups excluding carboxylic acids is 1. The first kappa shape index (κ1) is 16.4. The average Bonchev–Trinajstić information content (AvgIpc) is 2.44. The van der Waals surface area contributed by atoms with Gasteiger partial charge in [-0.05, 0) is 24.1 Å². The lowest BCUT2D eigenvalue weighted by molar-refractivity contribution is -0.138. The Hall–Kier alpha value is -1.61. The number of benzene rings is 1. The van der Waals surface area contributed by atoms with Crippen LogP contribution < -0.4 is 8.27 Å². The zero-order chi connectivity index (χ0) is 15.0. The molecule has 1 unspecified atom stereocenters. The molecule has 0 aliphatic rings. The maximum Gasteiger partial charge on any atom is 0.514 e. The minimum Gasteiger partial charge on any atom is -0.480 e. The van der Waals surface area contributed by atoms with Crippen LogP contribution in [0.25, 0.3) is 0 Å². The largest absolute Gasteiger partial charge is 0.514 e. The van der Waals surface area contributed by atoms with E-state index in [9.17, 15) is 9.59 Å². The third kappa shape index (κ3) is 5.57. The molecule has 1 atom stereocenters. The number of hydrogen-bond donors (Lipinski definition) is 2. The maximum absolute atomic E-state index is 11.2. The molecule has 1 rings (SSSR count). The number of nitrogens with one attached hydrogen (secondary N) is 1. The van der Waals surface area contributed by atoms with Gasteiger partial charge in [0.15, 0.2) is 0 Å². The van der Waals surface area contributed by atoms with E-state index in [0.717, 1.165) is 5.56 Å². The molecule has 0 spiro atoms. The van der Waals surface area contributed by atoms with E-state index in [1.807, 2.05) is 0 Å². The molecule has 0 aromatic heterocycles. The average molecular weight is 391 g/mol. The van der Waals surface area contributed by atoms with Crippen molar-refractivity contribution in [2.45, 2.75) is 12.5 Å². The van der Waals surface area contributed by atoms with Gasteiger partial charge in [-0.25, -0.2) is 8.32 Å². The summed E-state index contributed by atoms with van der Waals surface area (Å²) in [5.74, 6) is -0.593. The summed E-state index contributed by atoms with van der Waals surface area (Å²) in [5, 5.41) is 8.93. The highest BCUT2D eigenvalue weighted by Gasteiger charge is 2.16. The maximum atomic E-state index is 11.2. The SMILES string of the molecule is C=CCOC(=O)Oc1ccc(CC(NI)C(=O)O)cc1. The monoisotopic (exact) mass is 391 g/mol. The smallest absolute Gasteiger partial charge is 0.480 e. The van der Waals surface area contributed by atoms with E-state index in [1.165, 1.54) is 6.08 Å². The molecule has 108 valence electrons. The number of ether oxygens (including phenoxy) is 2. The van der Waals surface area contributed by atoms with Crippen molar-refractivity contribution >= 4 is 35.0 Å². The standard InChI is InChI=1S/C13H14INO5/c1-2-7-19-13(18)20-10-5-3-9(4-6-10)8-11(15-14)12(16)17/h2-6,11,15H,1,7-8H2,(H,16,17). The van der Waals surface area contributed by atoms with Gasteiger partial charge in [0.1, 0.15) is 18.4 Å². The van der Waals surface area contributed by atoms with Crippen LogP contribution in [0.1, 0.15) is 5.56 Å². The van der Waals surface area contributed by atoms with Gasteiger partial charge < -0.3 is 14.6 Å². The fourth-order valence-electron chi connectivity index (χ4n) is 1.35. The number of hydrogen-bond acceptors (Lipinski definition) is 5. The molecule has 2 N–H and O–H groups in total. The van der Waals surface area contributed by atoms with Crippen LogP contribution in [0.5, 0.6) is 5.75 Å². The predicted octanol–water partition coefficient (Wildman–Crippen LogP) is 2.32. The summed E-state index contributed by atoms with van der Waals surface area (Å²) in [6, 6.07) is 5.88. The third-order valence-electron chi connectivity index (χ3n) is 2.31. The first-order valence-electron chi connectivity index (χ1n) is 5.70. The van der Waals surface area contributed by atoms with E-state index in [4.69, 9.17) is 9.84 Å². The molecule has 0 amide bonds. The van der Waals surface area contributed by atoms with Gasteiger partial charge in [0.25, 0.3) is 0 Å². The molecule has 0 saturated carbocycles. The second kappa shape index (κ2) is 8.54. The van der Waals surface area contributed by atoms with E-state index < -0.39 is 18.2 Å². The van der Waals surface area contributed by atoms with Crippen LogP contribution in [0.15, 0.2) is 36.9 Å². The first-order valence-corrected chi connectivity index (χ1v) is 6.78. The van der Waals surface area contributed by atoms with E-state index in [2.05, 4.69) is 14.8 Å². The summed E-state index contributed by atoms with van der Waals surface area (Å²) in [7, 11) is 0. The van der Waals surface area contributed by atoms with E-state index in [0.29, 0.717) is 12.2 Å². The van der Waals surface area contributed by atoms with Crippen molar-refractivity contribution < 1.29 is 24.2 Å². The number of aliphatic carboxylic acids is 1. The van der Waals surface area contributed by atoms with Crippen LogP contribution in [0.3, 0.4) is 0 Å². The van der Waals surface area contributed by atoms with Gasteiger partial charge in [0, 0.05) is 22.9 Å². The topological polar surface area (TPSA) is 84.9 Å². The Morgan fingerprint density at radius 3 is 2.55 bits per heavy atom. The van der Waals surface area contributed by atoms with Gasteiger partial charge in [-0.1, -0.05) is 24.8 Å². The highest BCUT2D eigenvalue weighted by Crippen LogP contribution is 2.14. The lowest BCUT2D eigenvalue weighted by Gasteiger charge is -2.10. The van der Waals surface area contributed by atoms with Gasteiger partial charge in [-0.2, -0.15) is 0 Å². The molecule has 0 aliphatic heterocycles. The molecular weight excluding hydrogens is 377 g/mol. The molecule has 0 aliphatic carbocycles. The van der Waals surface area contributed by atoms with Crippen molar-refractivity contribution in [3.05, 3.63) is 42.5 Å². The van der Waals surface area contributed by atoms with Gasteiger partial charge in [0.2, 0.25) is 0 Å². The molecule has 1 aromatic rings. The number of carboxylic acid groups (broad SMARTS) is 1. The van der Waals surface area contributed by atoms with Crippen LogP contribution in [0.2, 0.25) is 0 Å². The van der Waals surface area contributed by atoms with Gasteiger partial charge in [-0.15, -0.1) is 0 Å². The molecule has 0 heterocycles. The molecule has 7 heteroatoms. The van der Waals surface area contributed by atoms with E-state index in [-0.39, 0.29) is 6.61 Å². The number of halogens is 1. The van der Waals surface area contributed by atoms with Crippen LogP contribution in [0, 0.1) is 0 Å². The molecule has 0 saturated heterocycles. The summed E-state index contributed by atoms with van der Waals surface area (Å²) in [6.45, 7) is 3.50. The highest BCUT2D eigenvalue weighted by molar-refractivity contribution is 14.1. The molecule has 1 aromatic carbocycles. The number of carbonyl (C=O) groups is 2. The van der Waals surface area contributed by atoms with Gasteiger partial charge in [0.05, 0.1) is 0 Å². The third-order valence-corrected chi connectivity index (χ3v) is 3.07. The lowest BCUT2D eigenvalue weighted by atomic mass is 10.1. The Labute approximate surface area is 130 Å². The van der Waals surface area contributed by atoms with Crippen molar-refractivity contribution in [3.63, 3.8) is 0 Å². The minimum atomic E-state index is -0.923. The van der Waals surface area contributed by atoms with Crippen molar-refractivity contribution in [2.75, 3.05) is 6.61 Å². The minimum absolute atomic E-state index is 0.0819. The normalized spacial score (nSPS) is 11.4. The highest BCUT2D eigenvalue weighted by atomic mass is 127. The fraction of sp³-hybridized carbons (Fsp3) is 0.231. The van der Waals surface area contributed by atoms with Crippen molar-refractivity contribution in [1.29, 1.82) is 0 Å². The second-order valence-electron chi connectivity index (χ2n) is 3.80. The van der Waals surface area contributed by atoms with Crippen LogP contribution in [-0.4, -0.2) is 29.9 Å². The Morgan fingerprint density at radius 2 is 2.05 bits per heavy atom. The molecule has 0 bridgehead atoms. The molecule has 0 fully saturated rings. The number of carboxylic acids is 1. The Morgan fingerprint density at radius 1 is 1.40 bits per heavy atom. The van der Waals surface area contributed by atoms with Gasteiger partial charge in [-0.3, -0.25) is 4.79 Å². The second-order valence-corrected chi connectivity index (χ2v) is 4.42. The van der Waals surface area contributed by atoms with Crippen LogP contribution in [-0.2, 0) is 16.0 Å². The van der Waals surface area contributed by atoms with Crippen LogP contribution in [0.4, 0.5) is 4.79 Å². The molecule has 20 heavy (non-hydrogen) atoms. The summed E-state index contributed by atoms with van der Waals surface area (Å²) in [5.41, 5.74) is 0.813. The van der Waals surface area contributed by atoms with Crippen molar-refractivity contribution in [2.24, 2.45) is 0 Å². The van der Waals surface area contributed by atoms with Crippen LogP contribution >= 0.6 is 22.9 Å². The Balaban J connectivity index is 2.57. The molecular formula is C13H14INO5. The van der Waals surface area contributed by atoms with E-state index in [1.54, 1.807) is 47.1 Å². The van der Waals surface area contributed by atoms with Crippen molar-refractivity contribution in [1.82, 2.24) is 3.53 Å².